The van der Waals surface area contributed by atoms with Crippen molar-refractivity contribution in [2.45, 2.75) is 6.10 Å². The number of halogens is 2. The summed E-state index contributed by atoms with van der Waals surface area (Å²) in [5.74, 6) is 1.91. The molecule has 1 saturated heterocycles. The van der Waals surface area contributed by atoms with Crippen LogP contribution in [0, 0.1) is 0 Å². The highest BCUT2D eigenvalue weighted by Gasteiger charge is 2.25. The third-order valence-electron chi connectivity index (χ3n) is 4.45. The van der Waals surface area contributed by atoms with E-state index in [2.05, 4.69) is 30.2 Å². The van der Waals surface area contributed by atoms with Gasteiger partial charge >= 0.3 is 0 Å². The number of aromatic nitrogens is 5. The number of aliphatic hydroxyl groups is 1. The van der Waals surface area contributed by atoms with Gasteiger partial charge in [-0.2, -0.15) is 0 Å². The van der Waals surface area contributed by atoms with E-state index in [1.807, 2.05) is 11.0 Å². The molecule has 0 saturated carbocycles. The van der Waals surface area contributed by atoms with Gasteiger partial charge in [0.2, 0.25) is 0 Å². The van der Waals surface area contributed by atoms with Gasteiger partial charge in [-0.25, -0.2) is 24.9 Å². The maximum atomic E-state index is 9.50. The zero-order valence-electron chi connectivity index (χ0n) is 14.8. The van der Waals surface area contributed by atoms with E-state index in [1.54, 1.807) is 18.2 Å². The topological polar surface area (TPSA) is 100.0 Å². The van der Waals surface area contributed by atoms with Gasteiger partial charge in [-0.3, -0.25) is 0 Å². The first-order valence-electron chi connectivity index (χ1n) is 8.66. The SMILES string of the molecule is OC1CN(c2cc(Nc3ncnc4nc(-c5c(Cl)cccc5Cl)sc34)ncn2)C1. The minimum Gasteiger partial charge on any atom is -0.389 e. The minimum absolute atomic E-state index is 0.310. The van der Waals surface area contributed by atoms with Crippen LogP contribution in [0.1, 0.15) is 0 Å². The van der Waals surface area contributed by atoms with Gasteiger partial charge in [0.25, 0.3) is 0 Å². The Morgan fingerprint density at radius 2 is 1.83 bits per heavy atom. The molecule has 5 rings (SSSR count). The molecule has 146 valence electrons. The highest BCUT2D eigenvalue weighted by atomic mass is 35.5. The van der Waals surface area contributed by atoms with Gasteiger partial charge in [0.05, 0.1) is 16.1 Å². The molecular formula is C18H13Cl2N7OS. The van der Waals surface area contributed by atoms with Crippen LogP contribution >= 0.6 is 34.5 Å². The number of β-amino-alcohol motifs (C(OH)–C–C–N with tert-alkyl or cyclic N) is 1. The summed E-state index contributed by atoms with van der Waals surface area (Å²) in [5, 5.41) is 14.4. The molecular weight excluding hydrogens is 433 g/mol. The molecule has 1 aromatic carbocycles. The predicted molar refractivity (Wildman–Crippen MR) is 114 cm³/mol. The maximum absolute atomic E-state index is 9.50. The van der Waals surface area contributed by atoms with E-state index < -0.39 is 0 Å². The summed E-state index contributed by atoms with van der Waals surface area (Å²) in [4.78, 5) is 23.7. The normalized spacial score (nSPS) is 14.2. The summed E-state index contributed by atoms with van der Waals surface area (Å²) in [7, 11) is 0. The maximum Gasteiger partial charge on any atom is 0.176 e. The number of nitrogens with zero attached hydrogens (tertiary/aromatic N) is 6. The summed E-state index contributed by atoms with van der Waals surface area (Å²) < 4.78 is 0.762. The Kier molecular flexibility index (Phi) is 4.67. The van der Waals surface area contributed by atoms with Crippen molar-refractivity contribution in [2.75, 3.05) is 23.3 Å². The molecule has 0 radical (unpaired) electrons. The molecule has 1 fully saturated rings. The van der Waals surface area contributed by atoms with Crippen LogP contribution in [0.25, 0.3) is 20.9 Å². The molecule has 3 aromatic heterocycles. The summed E-state index contributed by atoms with van der Waals surface area (Å²) in [6.45, 7) is 1.12. The Bertz CT molecular complexity index is 1190. The smallest absolute Gasteiger partial charge is 0.176 e. The van der Waals surface area contributed by atoms with Crippen molar-refractivity contribution in [3.05, 3.63) is 47.0 Å². The van der Waals surface area contributed by atoms with Crippen LogP contribution in [0.4, 0.5) is 17.5 Å². The van der Waals surface area contributed by atoms with Crippen molar-refractivity contribution in [3.63, 3.8) is 0 Å². The molecule has 0 amide bonds. The van der Waals surface area contributed by atoms with E-state index in [9.17, 15) is 5.11 Å². The van der Waals surface area contributed by atoms with Crippen LogP contribution in [0.5, 0.6) is 0 Å². The van der Waals surface area contributed by atoms with Gasteiger partial charge in [0.15, 0.2) is 11.5 Å². The fraction of sp³-hybridized carbons (Fsp3) is 0.167. The lowest BCUT2D eigenvalue weighted by Gasteiger charge is -2.36. The van der Waals surface area contributed by atoms with Gasteiger partial charge in [0, 0.05) is 24.7 Å². The molecule has 0 spiro atoms. The zero-order valence-corrected chi connectivity index (χ0v) is 17.1. The Hall–Kier alpha value is -2.59. The zero-order chi connectivity index (χ0) is 20.0. The number of hydrogen-bond acceptors (Lipinski definition) is 9. The number of thiazole rings is 1. The lowest BCUT2D eigenvalue weighted by Crippen LogP contribution is -2.51. The van der Waals surface area contributed by atoms with Gasteiger partial charge in [-0.05, 0) is 12.1 Å². The van der Waals surface area contributed by atoms with Crippen molar-refractivity contribution in [1.29, 1.82) is 0 Å². The lowest BCUT2D eigenvalue weighted by atomic mass is 10.2. The summed E-state index contributed by atoms with van der Waals surface area (Å²) in [5.41, 5.74) is 1.21. The number of nitrogens with one attached hydrogen (secondary N) is 1. The van der Waals surface area contributed by atoms with Crippen molar-refractivity contribution < 1.29 is 5.11 Å². The van der Waals surface area contributed by atoms with E-state index in [4.69, 9.17) is 23.2 Å². The summed E-state index contributed by atoms with van der Waals surface area (Å²) in [6.07, 6.45) is 2.61. The Balaban J connectivity index is 1.50. The molecule has 2 N–H and O–H groups in total. The monoisotopic (exact) mass is 445 g/mol. The van der Waals surface area contributed by atoms with Crippen LogP contribution < -0.4 is 10.2 Å². The average Bonchev–Trinajstić information content (AvgIpc) is 3.10. The second kappa shape index (κ2) is 7.34. The van der Waals surface area contributed by atoms with Crippen LogP contribution in [0.2, 0.25) is 10.0 Å². The quantitative estimate of drug-likeness (QED) is 0.489. The van der Waals surface area contributed by atoms with Crippen molar-refractivity contribution >= 4 is 62.3 Å². The molecule has 29 heavy (non-hydrogen) atoms. The van der Waals surface area contributed by atoms with E-state index in [0.717, 1.165) is 10.5 Å². The number of hydrogen-bond donors (Lipinski definition) is 2. The minimum atomic E-state index is -0.310. The number of benzene rings is 1. The molecule has 4 heterocycles. The molecule has 1 aliphatic heterocycles. The fourth-order valence-corrected chi connectivity index (χ4v) is 4.73. The lowest BCUT2D eigenvalue weighted by molar-refractivity contribution is 0.141. The van der Waals surface area contributed by atoms with Crippen LogP contribution in [-0.2, 0) is 0 Å². The molecule has 0 bridgehead atoms. The molecule has 4 aromatic rings. The Morgan fingerprint density at radius 1 is 1.07 bits per heavy atom. The molecule has 8 nitrogen and oxygen atoms in total. The molecule has 11 heteroatoms. The summed E-state index contributed by atoms with van der Waals surface area (Å²) in [6, 6.07) is 7.15. The number of rotatable bonds is 4. The first-order valence-corrected chi connectivity index (χ1v) is 10.2. The number of fused-ring (bicyclic) bond motifs is 1. The molecule has 1 aliphatic rings. The largest absolute Gasteiger partial charge is 0.389 e. The van der Waals surface area contributed by atoms with Gasteiger partial charge < -0.3 is 15.3 Å². The molecule has 0 aliphatic carbocycles. The second-order valence-electron chi connectivity index (χ2n) is 6.44. The first-order chi connectivity index (χ1) is 14.1. The predicted octanol–water partition coefficient (Wildman–Crippen LogP) is 3.77. The van der Waals surface area contributed by atoms with Crippen molar-refractivity contribution in [3.8, 4) is 10.6 Å². The third-order valence-corrected chi connectivity index (χ3v) is 6.15. The highest BCUT2D eigenvalue weighted by molar-refractivity contribution is 7.22. The van der Waals surface area contributed by atoms with Crippen LogP contribution in [-0.4, -0.2) is 49.2 Å². The van der Waals surface area contributed by atoms with E-state index in [-0.39, 0.29) is 6.10 Å². The number of anilines is 3. The number of aliphatic hydroxyl groups excluding tert-OH is 1. The molecule has 0 atom stereocenters. The Labute approximate surface area is 179 Å². The van der Waals surface area contributed by atoms with E-state index in [1.165, 1.54) is 24.0 Å². The first kappa shape index (κ1) is 18.4. The third kappa shape index (κ3) is 3.46. The van der Waals surface area contributed by atoms with E-state index >= 15 is 0 Å². The van der Waals surface area contributed by atoms with Crippen LogP contribution in [0.3, 0.4) is 0 Å². The van der Waals surface area contributed by atoms with Gasteiger partial charge in [-0.15, -0.1) is 11.3 Å². The van der Waals surface area contributed by atoms with Crippen LogP contribution in [0.15, 0.2) is 36.9 Å². The van der Waals surface area contributed by atoms with Gasteiger partial charge in [0.1, 0.15) is 34.0 Å². The highest BCUT2D eigenvalue weighted by Crippen LogP contribution is 2.40. The standard InChI is InChI=1S/C18H13Cl2N7OS/c19-10-2-1-3-11(20)14(10)18-26-17-15(29-18)16(23-8-24-17)25-12-4-13(22-7-21-12)27-5-9(28)6-27/h1-4,7-9,28H,5-6H2,(H,21,22,23,24,25). The van der Waals surface area contributed by atoms with E-state index in [0.29, 0.717) is 51.0 Å². The Morgan fingerprint density at radius 3 is 2.59 bits per heavy atom. The second-order valence-corrected chi connectivity index (χ2v) is 8.25. The van der Waals surface area contributed by atoms with Gasteiger partial charge in [-0.1, -0.05) is 29.3 Å². The van der Waals surface area contributed by atoms with Crippen molar-refractivity contribution in [1.82, 2.24) is 24.9 Å². The average molecular weight is 446 g/mol. The molecule has 0 unspecified atom stereocenters. The van der Waals surface area contributed by atoms with Crippen molar-refractivity contribution in [2.24, 2.45) is 0 Å². The fourth-order valence-electron chi connectivity index (χ4n) is 3.00. The summed E-state index contributed by atoms with van der Waals surface area (Å²) >= 11 is 14.1.